The van der Waals surface area contributed by atoms with Crippen LogP contribution in [0.5, 0.6) is 0 Å². The molecule has 0 spiro atoms. The van der Waals surface area contributed by atoms with Crippen LogP contribution < -0.4 is 10.0 Å². The summed E-state index contributed by atoms with van der Waals surface area (Å²) < 4.78 is 64.1. The van der Waals surface area contributed by atoms with Crippen molar-refractivity contribution in [2.45, 2.75) is 23.8 Å². The molecule has 1 aliphatic rings. The molecule has 0 bridgehead atoms. The van der Waals surface area contributed by atoms with Crippen molar-refractivity contribution in [2.24, 2.45) is 0 Å². The van der Waals surface area contributed by atoms with Gasteiger partial charge < -0.3 is 5.32 Å². The van der Waals surface area contributed by atoms with Crippen molar-refractivity contribution >= 4 is 53.6 Å². The fourth-order valence-electron chi connectivity index (χ4n) is 2.54. The highest BCUT2D eigenvalue weighted by Crippen LogP contribution is 2.31. The minimum atomic E-state index is -4.17. The first-order valence-corrected chi connectivity index (χ1v) is 12.1. The molecule has 1 saturated heterocycles. The summed E-state index contributed by atoms with van der Waals surface area (Å²) in [6.07, 6.45) is 2.18. The van der Waals surface area contributed by atoms with E-state index < -0.39 is 30.6 Å². The van der Waals surface area contributed by atoms with Gasteiger partial charge in [0.2, 0.25) is 0 Å². The first-order chi connectivity index (χ1) is 12.2. The van der Waals surface area contributed by atoms with Crippen LogP contribution in [0.2, 0.25) is 5.02 Å². The number of hydrogen-bond acceptors (Lipinski definition) is 7. The van der Waals surface area contributed by atoms with Gasteiger partial charge in [0.25, 0.3) is 10.0 Å². The van der Waals surface area contributed by atoms with Crippen LogP contribution in [-0.2, 0) is 19.9 Å². The number of benzene rings is 1. The summed E-state index contributed by atoms with van der Waals surface area (Å²) in [6.45, 7) is 0. The molecule has 142 valence electrons. The molecule has 0 radical (unpaired) electrons. The van der Waals surface area contributed by atoms with Gasteiger partial charge in [-0.1, -0.05) is 11.6 Å². The molecule has 1 aliphatic heterocycles. The van der Waals surface area contributed by atoms with Crippen molar-refractivity contribution in [1.29, 1.82) is 0 Å². The molecule has 2 N–H and O–H groups in total. The molecule has 12 heteroatoms. The number of rotatable bonds is 5. The maximum atomic E-state index is 14.4. The fourth-order valence-corrected chi connectivity index (χ4v) is 6.19. The molecule has 0 saturated carbocycles. The van der Waals surface area contributed by atoms with Crippen molar-refractivity contribution in [3.05, 3.63) is 34.5 Å². The molecule has 0 unspecified atom stereocenters. The lowest BCUT2D eigenvalue weighted by atomic mass is 10.1. The maximum Gasteiger partial charge on any atom is 0.266 e. The average Bonchev–Trinajstić information content (AvgIpc) is 3.04. The molecule has 0 atom stereocenters. The van der Waals surface area contributed by atoms with Gasteiger partial charge in [-0.05, 0) is 25.0 Å². The Bertz CT molecular complexity index is 996. The Hall–Kier alpha value is -1.43. The van der Waals surface area contributed by atoms with Gasteiger partial charge in [0.15, 0.2) is 5.13 Å². The van der Waals surface area contributed by atoms with Crippen LogP contribution in [0.4, 0.5) is 15.2 Å². The van der Waals surface area contributed by atoms with Crippen LogP contribution in [0.3, 0.4) is 0 Å². The third-order valence-electron chi connectivity index (χ3n) is 3.88. The number of sulfonamides is 1. The van der Waals surface area contributed by atoms with Crippen LogP contribution in [-0.4, -0.2) is 39.4 Å². The van der Waals surface area contributed by atoms with E-state index in [4.69, 9.17) is 11.6 Å². The second kappa shape index (κ2) is 7.29. The summed E-state index contributed by atoms with van der Waals surface area (Å²) in [5.41, 5.74) is 0.224. The summed E-state index contributed by atoms with van der Waals surface area (Å²) in [4.78, 5) is 3.21. The lowest BCUT2D eigenvalue weighted by Gasteiger charge is -2.24. The Morgan fingerprint density at radius 3 is 2.58 bits per heavy atom. The molecule has 1 fully saturated rings. The number of nitrogens with zero attached hydrogens (tertiary/aromatic N) is 1. The Balaban J connectivity index is 1.80. The molecule has 1 aromatic carbocycles. The Morgan fingerprint density at radius 2 is 1.96 bits per heavy atom. The third-order valence-corrected chi connectivity index (χ3v) is 8.08. The van der Waals surface area contributed by atoms with E-state index in [1.54, 1.807) is 5.38 Å². The molecule has 3 rings (SSSR count). The van der Waals surface area contributed by atoms with Crippen LogP contribution in [0.1, 0.15) is 12.8 Å². The van der Waals surface area contributed by atoms with Gasteiger partial charge in [-0.2, -0.15) is 0 Å². The van der Waals surface area contributed by atoms with E-state index in [1.165, 1.54) is 6.20 Å². The monoisotopic (exact) mass is 439 g/mol. The highest BCUT2D eigenvalue weighted by atomic mass is 35.5. The van der Waals surface area contributed by atoms with E-state index in [0.717, 1.165) is 23.5 Å². The van der Waals surface area contributed by atoms with Gasteiger partial charge >= 0.3 is 0 Å². The van der Waals surface area contributed by atoms with Gasteiger partial charge in [0, 0.05) is 17.6 Å². The standard InChI is InChI=1S/C14H15ClFN3O4S3/c15-10-7-13(26(22,23)19-14-17-3-4-24-14)11(16)8-12(10)18-9-1-5-25(20,21)6-2-9/h3-4,7-9,18H,1-2,5-6H2,(H,17,19). The van der Waals surface area contributed by atoms with E-state index in [-0.39, 0.29) is 33.4 Å². The quantitative estimate of drug-likeness (QED) is 0.742. The third kappa shape index (κ3) is 4.45. The number of hydrogen-bond donors (Lipinski definition) is 2. The molecular formula is C14H15ClFN3O4S3. The topological polar surface area (TPSA) is 105 Å². The van der Waals surface area contributed by atoms with Crippen LogP contribution in [0.15, 0.2) is 28.6 Å². The lowest BCUT2D eigenvalue weighted by molar-refractivity contribution is 0.557. The second-order valence-electron chi connectivity index (χ2n) is 5.78. The molecule has 1 aromatic heterocycles. The number of sulfone groups is 1. The van der Waals surface area contributed by atoms with Gasteiger partial charge in [-0.3, -0.25) is 4.72 Å². The molecule has 0 aliphatic carbocycles. The second-order valence-corrected chi connectivity index (χ2v) is 11.0. The number of halogens is 2. The number of aromatic nitrogens is 1. The summed E-state index contributed by atoms with van der Waals surface area (Å²) in [5.74, 6) is -0.867. The van der Waals surface area contributed by atoms with Gasteiger partial charge in [-0.15, -0.1) is 11.3 Å². The van der Waals surface area contributed by atoms with Crippen LogP contribution in [0, 0.1) is 5.82 Å². The van der Waals surface area contributed by atoms with Crippen molar-refractivity contribution in [3.8, 4) is 0 Å². The number of nitrogens with one attached hydrogen (secondary N) is 2. The zero-order chi connectivity index (χ0) is 18.9. The first-order valence-electron chi connectivity index (χ1n) is 7.55. The number of anilines is 2. The molecule has 26 heavy (non-hydrogen) atoms. The normalized spacial score (nSPS) is 17.8. The van der Waals surface area contributed by atoms with Gasteiger partial charge in [0.05, 0.1) is 22.2 Å². The molecule has 0 amide bonds. The van der Waals surface area contributed by atoms with E-state index >= 15 is 0 Å². The SMILES string of the molecule is O=S1(=O)CCC(Nc2cc(F)c(S(=O)(=O)Nc3nccs3)cc2Cl)CC1. The highest BCUT2D eigenvalue weighted by Gasteiger charge is 2.26. The van der Waals surface area contributed by atoms with E-state index in [9.17, 15) is 21.2 Å². The van der Waals surface area contributed by atoms with E-state index in [1.807, 2.05) is 0 Å². The summed E-state index contributed by atoms with van der Waals surface area (Å²) in [5, 5.41) is 4.72. The van der Waals surface area contributed by atoms with Gasteiger partial charge in [-0.25, -0.2) is 26.2 Å². The maximum absolute atomic E-state index is 14.4. The Labute approximate surface area is 159 Å². The van der Waals surface area contributed by atoms with Crippen molar-refractivity contribution in [2.75, 3.05) is 21.5 Å². The Morgan fingerprint density at radius 1 is 1.27 bits per heavy atom. The minimum absolute atomic E-state index is 0.0272. The summed E-state index contributed by atoms with van der Waals surface area (Å²) in [7, 11) is -7.19. The first kappa shape index (κ1) is 19.3. The smallest absolute Gasteiger partial charge is 0.266 e. The zero-order valence-electron chi connectivity index (χ0n) is 13.3. The van der Waals surface area contributed by atoms with E-state index in [0.29, 0.717) is 12.8 Å². The van der Waals surface area contributed by atoms with Gasteiger partial charge in [0.1, 0.15) is 20.5 Å². The molecular weight excluding hydrogens is 425 g/mol. The van der Waals surface area contributed by atoms with Crippen molar-refractivity contribution in [1.82, 2.24) is 4.98 Å². The average molecular weight is 440 g/mol. The molecule has 2 heterocycles. The predicted octanol–water partition coefficient (Wildman–Crippen LogP) is 2.73. The summed E-state index contributed by atoms with van der Waals surface area (Å²) >= 11 is 7.17. The molecule has 7 nitrogen and oxygen atoms in total. The molecule has 2 aromatic rings. The highest BCUT2D eigenvalue weighted by molar-refractivity contribution is 7.93. The Kier molecular flexibility index (Phi) is 5.42. The van der Waals surface area contributed by atoms with Crippen LogP contribution >= 0.6 is 22.9 Å². The van der Waals surface area contributed by atoms with Crippen molar-refractivity contribution in [3.63, 3.8) is 0 Å². The zero-order valence-corrected chi connectivity index (χ0v) is 16.5. The summed E-state index contributed by atoms with van der Waals surface area (Å²) in [6, 6.07) is 1.85. The minimum Gasteiger partial charge on any atom is -0.381 e. The van der Waals surface area contributed by atoms with Crippen molar-refractivity contribution < 1.29 is 21.2 Å². The fraction of sp³-hybridized carbons (Fsp3) is 0.357. The largest absolute Gasteiger partial charge is 0.381 e. The van der Waals surface area contributed by atoms with E-state index in [2.05, 4.69) is 15.0 Å². The lowest BCUT2D eigenvalue weighted by Crippen LogP contribution is -2.32. The number of thiazole rings is 1. The van der Waals surface area contributed by atoms with Crippen LogP contribution in [0.25, 0.3) is 0 Å². The predicted molar refractivity (Wildman–Crippen MR) is 99.6 cm³/mol.